The van der Waals surface area contributed by atoms with Crippen molar-refractivity contribution in [3.05, 3.63) is 22.8 Å². The zero-order valence-electron chi connectivity index (χ0n) is 12.6. The molecule has 19 heavy (non-hydrogen) atoms. The molecule has 0 amide bonds. The molecule has 1 aliphatic rings. The summed E-state index contributed by atoms with van der Waals surface area (Å²) in [6.07, 6.45) is 4.46. The zero-order valence-corrected chi connectivity index (χ0v) is 15.8. The van der Waals surface area contributed by atoms with E-state index in [0.717, 1.165) is 6.42 Å². The van der Waals surface area contributed by atoms with Crippen molar-refractivity contribution in [1.29, 1.82) is 0 Å². The Morgan fingerprint density at radius 2 is 1.63 bits per heavy atom. The Hall–Kier alpha value is 0.244. The molecule has 0 unspecified atom stereocenters. The summed E-state index contributed by atoms with van der Waals surface area (Å²) in [6.45, 7) is 12.8. The smallest absolute Gasteiger partial charge is 0.303 e. The van der Waals surface area contributed by atoms with Crippen LogP contribution < -0.4 is 0 Å². The summed E-state index contributed by atoms with van der Waals surface area (Å²) in [5.74, 6) is -0.711. The van der Waals surface area contributed by atoms with Crippen LogP contribution in [-0.4, -0.2) is 11.1 Å². The Morgan fingerprint density at radius 1 is 1.21 bits per heavy atom. The van der Waals surface area contributed by atoms with Crippen LogP contribution in [0.2, 0.25) is 0 Å². The summed E-state index contributed by atoms with van der Waals surface area (Å²) in [6, 6.07) is 0. The molecule has 0 saturated carbocycles. The van der Waals surface area contributed by atoms with Crippen LogP contribution in [0, 0.1) is 11.5 Å². The predicted octanol–water partition coefficient (Wildman–Crippen LogP) is 4.82. The van der Waals surface area contributed by atoms with Gasteiger partial charge >= 0.3 is 5.97 Å². The summed E-state index contributed by atoms with van der Waals surface area (Å²) in [4.78, 5) is 9.60. The van der Waals surface area contributed by atoms with Crippen LogP contribution >= 0.6 is 24.8 Å². The van der Waals surface area contributed by atoms with E-state index in [1.54, 1.807) is 0 Å². The number of rotatable bonds is 2. The molecule has 1 N–H and O–H groups in total. The maximum atomic E-state index is 9.60. The standard InChI is InChI=1S/C10H15.C4H8O2.2ClH.Ti/c1-7-6-10(4,5)9(3)8(7)2;1-2-3-4(5)6;;;/h1-5H3;2-3H2,1H3,(H,5,6);2*1H;/q-1;;;;. The number of allylic oxidation sites excluding steroid dienone is 4. The first kappa shape index (κ1) is 27.6. The minimum absolute atomic E-state index is 0. The van der Waals surface area contributed by atoms with Crippen molar-refractivity contribution in [1.82, 2.24) is 0 Å². The second-order valence-corrected chi connectivity index (χ2v) is 4.77. The Bertz CT molecular complexity index is 334. The van der Waals surface area contributed by atoms with Crippen LogP contribution in [0.25, 0.3) is 0 Å². The van der Waals surface area contributed by atoms with Gasteiger partial charge in [0, 0.05) is 28.1 Å². The molecule has 1 rings (SSSR count). The second kappa shape index (κ2) is 12.0. The van der Waals surface area contributed by atoms with Gasteiger partial charge in [-0.3, -0.25) is 10.9 Å². The van der Waals surface area contributed by atoms with Crippen molar-refractivity contribution in [3.8, 4) is 0 Å². The monoisotopic (exact) mass is 343 g/mol. The number of carbonyl (C=O) groups is 1. The number of carboxylic acid groups (broad SMARTS) is 1. The molecule has 0 heterocycles. The van der Waals surface area contributed by atoms with Gasteiger partial charge in [0.2, 0.25) is 0 Å². The maximum Gasteiger partial charge on any atom is 0.303 e. The molecule has 5 heteroatoms. The van der Waals surface area contributed by atoms with E-state index in [1.807, 2.05) is 6.92 Å². The average molecular weight is 344 g/mol. The van der Waals surface area contributed by atoms with Crippen LogP contribution in [-0.2, 0) is 26.5 Å². The third-order valence-electron chi connectivity index (χ3n) is 3.03. The molecule has 0 atom stereocenters. The first-order valence-corrected chi connectivity index (χ1v) is 5.74. The normalized spacial score (nSPS) is 14.9. The summed E-state index contributed by atoms with van der Waals surface area (Å²) in [5.41, 5.74) is 4.39. The largest absolute Gasteiger partial charge is 0.481 e. The maximum absolute atomic E-state index is 9.60. The van der Waals surface area contributed by atoms with Gasteiger partial charge in [-0.2, -0.15) is 11.1 Å². The van der Waals surface area contributed by atoms with Gasteiger partial charge in [0.25, 0.3) is 0 Å². The third-order valence-corrected chi connectivity index (χ3v) is 3.03. The fraction of sp³-hybridized carbons (Fsp3) is 0.643. The predicted molar refractivity (Wildman–Crippen MR) is 81.6 cm³/mol. The van der Waals surface area contributed by atoms with Crippen LogP contribution in [0.1, 0.15) is 54.4 Å². The van der Waals surface area contributed by atoms with Crippen molar-refractivity contribution in [2.24, 2.45) is 5.41 Å². The van der Waals surface area contributed by atoms with Crippen LogP contribution in [0.4, 0.5) is 0 Å². The van der Waals surface area contributed by atoms with Crippen molar-refractivity contribution >= 4 is 30.8 Å². The van der Waals surface area contributed by atoms with Gasteiger partial charge in [-0.1, -0.05) is 40.0 Å². The van der Waals surface area contributed by atoms with Crippen LogP contribution in [0.15, 0.2) is 16.7 Å². The van der Waals surface area contributed by atoms with E-state index in [4.69, 9.17) is 5.11 Å². The molecular formula is C14H25Cl2O2Ti-. The van der Waals surface area contributed by atoms with Crippen molar-refractivity contribution in [2.75, 3.05) is 0 Å². The minimum atomic E-state index is -0.711. The van der Waals surface area contributed by atoms with E-state index in [9.17, 15) is 4.79 Å². The van der Waals surface area contributed by atoms with Gasteiger partial charge in [0.1, 0.15) is 0 Å². The molecule has 112 valence electrons. The Labute approximate surface area is 144 Å². The molecule has 0 bridgehead atoms. The number of halogens is 2. The van der Waals surface area contributed by atoms with Crippen LogP contribution in [0.5, 0.6) is 0 Å². The SMILES string of the molecule is CC1=[C-]C(C)(C)C(C)=C1C.CCCC(=O)O.Cl.Cl.[Ti]. The van der Waals surface area contributed by atoms with E-state index in [2.05, 4.69) is 40.7 Å². The molecule has 2 nitrogen and oxygen atoms in total. The van der Waals surface area contributed by atoms with Gasteiger partial charge in [0.05, 0.1) is 0 Å². The molecule has 0 aromatic rings. The zero-order chi connectivity index (χ0) is 12.9. The van der Waals surface area contributed by atoms with Gasteiger partial charge < -0.3 is 5.11 Å². The fourth-order valence-corrected chi connectivity index (χ4v) is 1.62. The molecule has 0 aromatic carbocycles. The topological polar surface area (TPSA) is 37.3 Å². The molecule has 1 aliphatic carbocycles. The molecule has 0 radical (unpaired) electrons. The Morgan fingerprint density at radius 3 is 1.68 bits per heavy atom. The first-order valence-electron chi connectivity index (χ1n) is 5.74. The fourth-order valence-electron chi connectivity index (χ4n) is 1.62. The molecule has 0 spiro atoms. The van der Waals surface area contributed by atoms with Gasteiger partial charge in [-0.15, -0.1) is 31.7 Å². The minimum Gasteiger partial charge on any atom is -0.481 e. The second-order valence-electron chi connectivity index (χ2n) is 4.77. The van der Waals surface area contributed by atoms with Gasteiger partial charge in [-0.05, 0) is 6.42 Å². The summed E-state index contributed by atoms with van der Waals surface area (Å²) in [5, 5.41) is 7.91. The van der Waals surface area contributed by atoms with Crippen molar-refractivity contribution in [2.45, 2.75) is 54.4 Å². The molecular weight excluding hydrogens is 319 g/mol. The van der Waals surface area contributed by atoms with E-state index >= 15 is 0 Å². The molecule has 0 aromatic heterocycles. The van der Waals surface area contributed by atoms with E-state index in [0.29, 0.717) is 6.42 Å². The van der Waals surface area contributed by atoms with Crippen molar-refractivity contribution < 1.29 is 31.6 Å². The first-order chi connectivity index (χ1) is 7.22. The van der Waals surface area contributed by atoms with Crippen LogP contribution in [0.3, 0.4) is 0 Å². The Balaban J connectivity index is -0.000000112. The third kappa shape index (κ3) is 9.73. The van der Waals surface area contributed by atoms with Gasteiger partial charge in [-0.25, -0.2) is 5.57 Å². The number of hydrogen-bond acceptors (Lipinski definition) is 1. The average Bonchev–Trinajstić information content (AvgIpc) is 2.30. The number of aliphatic carboxylic acids is 1. The van der Waals surface area contributed by atoms with Gasteiger partial charge in [0.15, 0.2) is 0 Å². The van der Waals surface area contributed by atoms with Crippen molar-refractivity contribution in [3.63, 3.8) is 0 Å². The number of hydrogen-bond donors (Lipinski definition) is 1. The van der Waals surface area contributed by atoms with E-state index < -0.39 is 5.97 Å². The van der Waals surface area contributed by atoms with E-state index in [-0.39, 0.29) is 51.9 Å². The summed E-state index contributed by atoms with van der Waals surface area (Å²) >= 11 is 0. The summed E-state index contributed by atoms with van der Waals surface area (Å²) < 4.78 is 0. The molecule has 0 fully saturated rings. The molecule has 0 aliphatic heterocycles. The quantitative estimate of drug-likeness (QED) is 0.576. The molecule has 0 saturated heterocycles. The summed E-state index contributed by atoms with van der Waals surface area (Å²) in [7, 11) is 0. The number of carboxylic acids is 1. The Kier molecular flexibility index (Phi) is 17.4. The van der Waals surface area contributed by atoms with E-state index in [1.165, 1.54) is 16.7 Å².